The lowest BCUT2D eigenvalue weighted by Crippen LogP contribution is -1.94. The summed E-state index contributed by atoms with van der Waals surface area (Å²) in [6.07, 6.45) is 1.74. The van der Waals surface area contributed by atoms with Crippen molar-refractivity contribution in [1.29, 1.82) is 0 Å². The molecule has 0 fully saturated rings. The molecule has 0 atom stereocenters. The van der Waals surface area contributed by atoms with Crippen LogP contribution < -0.4 is 4.74 Å². The average Bonchev–Trinajstić information content (AvgIpc) is 2.89. The van der Waals surface area contributed by atoms with Crippen molar-refractivity contribution in [2.75, 3.05) is 0 Å². The van der Waals surface area contributed by atoms with Crippen molar-refractivity contribution in [3.8, 4) is 11.5 Å². The fourth-order valence-corrected chi connectivity index (χ4v) is 2.31. The zero-order valence-corrected chi connectivity index (χ0v) is 10.4. The molecule has 3 rings (SSSR count). The highest BCUT2D eigenvalue weighted by molar-refractivity contribution is 7.09. The van der Waals surface area contributed by atoms with E-state index in [1.54, 1.807) is 12.3 Å². The SMILES string of the molecule is Oc1cc2ccccc2cc1OCc1nccs1. The van der Waals surface area contributed by atoms with Crippen LogP contribution in [0.4, 0.5) is 0 Å². The van der Waals surface area contributed by atoms with Gasteiger partial charge in [-0.2, -0.15) is 0 Å². The molecule has 1 aromatic heterocycles. The molecule has 0 bridgehead atoms. The summed E-state index contributed by atoms with van der Waals surface area (Å²) in [7, 11) is 0. The summed E-state index contributed by atoms with van der Waals surface area (Å²) in [6, 6.07) is 11.4. The lowest BCUT2D eigenvalue weighted by atomic mass is 10.1. The first kappa shape index (κ1) is 11.0. The number of benzene rings is 2. The van der Waals surface area contributed by atoms with Gasteiger partial charge >= 0.3 is 0 Å². The molecule has 0 aliphatic carbocycles. The summed E-state index contributed by atoms with van der Waals surface area (Å²) in [5, 5.41) is 14.7. The van der Waals surface area contributed by atoms with Crippen molar-refractivity contribution in [2.24, 2.45) is 0 Å². The van der Waals surface area contributed by atoms with E-state index in [-0.39, 0.29) is 5.75 Å². The van der Waals surface area contributed by atoms with Crippen LogP contribution in [-0.2, 0) is 6.61 Å². The molecule has 1 heterocycles. The minimum Gasteiger partial charge on any atom is -0.504 e. The van der Waals surface area contributed by atoms with Gasteiger partial charge in [-0.15, -0.1) is 11.3 Å². The maximum Gasteiger partial charge on any atom is 0.162 e. The zero-order valence-electron chi connectivity index (χ0n) is 9.54. The van der Waals surface area contributed by atoms with Crippen molar-refractivity contribution in [2.45, 2.75) is 6.61 Å². The van der Waals surface area contributed by atoms with Gasteiger partial charge in [-0.25, -0.2) is 4.98 Å². The van der Waals surface area contributed by atoms with Crippen molar-refractivity contribution in [1.82, 2.24) is 4.98 Å². The minimum absolute atomic E-state index is 0.158. The maximum atomic E-state index is 9.90. The number of hydrogen-bond donors (Lipinski definition) is 1. The van der Waals surface area contributed by atoms with Gasteiger partial charge in [0.05, 0.1) is 0 Å². The van der Waals surface area contributed by atoms with E-state index in [0.29, 0.717) is 12.4 Å². The van der Waals surface area contributed by atoms with Gasteiger partial charge in [-0.1, -0.05) is 24.3 Å². The molecule has 0 saturated carbocycles. The van der Waals surface area contributed by atoms with Gasteiger partial charge in [0, 0.05) is 11.6 Å². The molecule has 18 heavy (non-hydrogen) atoms. The summed E-state index contributed by atoms with van der Waals surface area (Å²) in [5.41, 5.74) is 0. The molecule has 2 aromatic carbocycles. The molecule has 0 unspecified atom stereocenters. The summed E-state index contributed by atoms with van der Waals surface area (Å²) in [6.45, 7) is 0.379. The molecular formula is C14H11NO2S. The first-order chi connectivity index (χ1) is 8.83. The number of phenolic OH excluding ortho intramolecular Hbond substituents is 1. The monoisotopic (exact) mass is 257 g/mol. The molecule has 0 aliphatic rings. The van der Waals surface area contributed by atoms with Gasteiger partial charge in [-0.3, -0.25) is 0 Å². The highest BCUT2D eigenvalue weighted by Gasteiger charge is 2.06. The third-order valence-corrected chi connectivity index (χ3v) is 3.42. The van der Waals surface area contributed by atoms with E-state index in [1.165, 1.54) is 11.3 Å². The van der Waals surface area contributed by atoms with E-state index in [2.05, 4.69) is 4.98 Å². The van der Waals surface area contributed by atoms with Crippen LogP contribution in [-0.4, -0.2) is 10.1 Å². The minimum atomic E-state index is 0.158. The van der Waals surface area contributed by atoms with Crippen LogP contribution in [0.1, 0.15) is 5.01 Å². The number of ether oxygens (including phenoxy) is 1. The molecule has 0 amide bonds. The van der Waals surface area contributed by atoms with Gasteiger partial charge in [-0.05, 0) is 22.9 Å². The van der Waals surface area contributed by atoms with E-state index >= 15 is 0 Å². The maximum absolute atomic E-state index is 9.90. The number of nitrogens with zero attached hydrogens (tertiary/aromatic N) is 1. The quantitative estimate of drug-likeness (QED) is 0.779. The molecule has 90 valence electrons. The predicted octanol–water partition coefficient (Wildman–Crippen LogP) is 3.58. The van der Waals surface area contributed by atoms with Crippen molar-refractivity contribution in [3.63, 3.8) is 0 Å². The highest BCUT2D eigenvalue weighted by Crippen LogP contribution is 2.31. The number of aromatic hydroxyl groups is 1. The summed E-state index contributed by atoms with van der Waals surface area (Å²) in [4.78, 5) is 4.14. The number of hydrogen-bond acceptors (Lipinski definition) is 4. The van der Waals surface area contributed by atoms with Gasteiger partial charge in [0.1, 0.15) is 11.6 Å². The van der Waals surface area contributed by atoms with Crippen LogP contribution in [0.3, 0.4) is 0 Å². The van der Waals surface area contributed by atoms with E-state index in [4.69, 9.17) is 4.74 Å². The Balaban J connectivity index is 1.89. The zero-order chi connectivity index (χ0) is 12.4. The van der Waals surface area contributed by atoms with E-state index < -0.39 is 0 Å². The molecule has 3 nitrogen and oxygen atoms in total. The molecule has 1 N–H and O–H groups in total. The molecule has 3 aromatic rings. The van der Waals surface area contributed by atoms with Gasteiger partial charge in [0.15, 0.2) is 11.5 Å². The Hall–Kier alpha value is -2.07. The smallest absolute Gasteiger partial charge is 0.162 e. The van der Waals surface area contributed by atoms with Crippen LogP contribution >= 0.6 is 11.3 Å². The van der Waals surface area contributed by atoms with Crippen LogP contribution in [0.15, 0.2) is 48.0 Å². The molecule has 4 heteroatoms. The number of rotatable bonds is 3. The Labute approximate surface area is 108 Å². The predicted molar refractivity (Wildman–Crippen MR) is 72.1 cm³/mol. The normalized spacial score (nSPS) is 10.7. The Morgan fingerprint density at radius 2 is 1.94 bits per heavy atom. The lowest BCUT2D eigenvalue weighted by Gasteiger charge is -2.08. The van der Waals surface area contributed by atoms with E-state index in [9.17, 15) is 5.11 Å². The number of thiazole rings is 1. The Bertz CT molecular complexity index is 665. The Morgan fingerprint density at radius 1 is 1.17 bits per heavy atom. The fraction of sp³-hybridized carbons (Fsp3) is 0.0714. The first-order valence-electron chi connectivity index (χ1n) is 5.56. The van der Waals surface area contributed by atoms with Gasteiger partial charge < -0.3 is 9.84 Å². The first-order valence-corrected chi connectivity index (χ1v) is 6.44. The molecule has 0 aliphatic heterocycles. The number of phenols is 1. The molecular weight excluding hydrogens is 246 g/mol. The highest BCUT2D eigenvalue weighted by atomic mass is 32.1. The summed E-state index contributed by atoms with van der Waals surface area (Å²) in [5.74, 6) is 0.647. The topological polar surface area (TPSA) is 42.4 Å². The number of aromatic nitrogens is 1. The van der Waals surface area contributed by atoms with E-state index in [1.807, 2.05) is 35.7 Å². The lowest BCUT2D eigenvalue weighted by molar-refractivity contribution is 0.289. The standard InChI is InChI=1S/C14H11NO2S/c16-12-7-10-3-1-2-4-11(10)8-13(12)17-9-14-15-5-6-18-14/h1-8,16H,9H2. The van der Waals surface area contributed by atoms with E-state index in [0.717, 1.165) is 15.8 Å². The van der Waals surface area contributed by atoms with Crippen molar-refractivity contribution in [3.05, 3.63) is 53.0 Å². The average molecular weight is 257 g/mol. The van der Waals surface area contributed by atoms with Crippen molar-refractivity contribution < 1.29 is 9.84 Å². The van der Waals surface area contributed by atoms with Gasteiger partial charge in [0.25, 0.3) is 0 Å². The van der Waals surface area contributed by atoms with Gasteiger partial charge in [0.2, 0.25) is 0 Å². The fourth-order valence-electron chi connectivity index (χ4n) is 1.79. The molecule has 0 spiro atoms. The third kappa shape index (κ3) is 2.15. The van der Waals surface area contributed by atoms with Crippen LogP contribution in [0.2, 0.25) is 0 Å². The van der Waals surface area contributed by atoms with Crippen molar-refractivity contribution >= 4 is 22.1 Å². The third-order valence-electron chi connectivity index (χ3n) is 2.66. The van der Waals surface area contributed by atoms with Crippen LogP contribution in [0, 0.1) is 0 Å². The number of fused-ring (bicyclic) bond motifs is 1. The second-order valence-corrected chi connectivity index (χ2v) is 4.86. The Morgan fingerprint density at radius 3 is 2.67 bits per heavy atom. The summed E-state index contributed by atoms with van der Waals surface area (Å²) >= 11 is 1.53. The van der Waals surface area contributed by atoms with Crippen LogP contribution in [0.5, 0.6) is 11.5 Å². The second kappa shape index (κ2) is 4.66. The van der Waals surface area contributed by atoms with Crippen LogP contribution in [0.25, 0.3) is 10.8 Å². The molecule has 0 saturated heterocycles. The second-order valence-electron chi connectivity index (χ2n) is 3.88. The Kier molecular flexibility index (Phi) is 2.86. The summed E-state index contributed by atoms with van der Waals surface area (Å²) < 4.78 is 5.59. The molecule has 0 radical (unpaired) electrons. The largest absolute Gasteiger partial charge is 0.504 e.